The Morgan fingerprint density at radius 3 is 2.09 bits per heavy atom. The number of hydrogen-bond acceptors (Lipinski definition) is 5. The zero-order valence-electron chi connectivity index (χ0n) is 11.9. The molecule has 0 fully saturated rings. The van der Waals surface area contributed by atoms with Gasteiger partial charge in [0.2, 0.25) is 0 Å². The fraction of sp³-hybridized carbons (Fsp3) is 0.188. The molecule has 0 saturated heterocycles. The minimum atomic E-state index is -1.31. The monoisotopic (exact) mass is 301 g/mol. The normalized spacial score (nSPS) is 11.7. The minimum Gasteiger partial charge on any atom is -0.464 e. The first-order valence-corrected chi connectivity index (χ1v) is 6.72. The number of nitro benzene ring substituents is 1. The number of aliphatic hydroxyl groups excluding tert-OH is 1. The van der Waals surface area contributed by atoms with Crippen LogP contribution in [0.2, 0.25) is 0 Å². The van der Waals surface area contributed by atoms with Crippen molar-refractivity contribution < 1.29 is 19.6 Å². The Hall–Kier alpha value is -2.73. The van der Waals surface area contributed by atoms with Gasteiger partial charge < -0.3 is 9.84 Å². The highest BCUT2D eigenvalue weighted by Gasteiger charge is 2.18. The molecule has 0 amide bonds. The van der Waals surface area contributed by atoms with Gasteiger partial charge in [-0.25, -0.2) is 4.79 Å². The van der Waals surface area contributed by atoms with Crippen LogP contribution in [-0.4, -0.2) is 22.6 Å². The van der Waals surface area contributed by atoms with E-state index >= 15 is 0 Å². The fourth-order valence-electron chi connectivity index (χ4n) is 1.99. The first-order chi connectivity index (χ1) is 10.5. The molecular formula is C16H15NO5. The Morgan fingerprint density at radius 1 is 1.14 bits per heavy atom. The van der Waals surface area contributed by atoms with E-state index in [4.69, 9.17) is 4.74 Å². The quantitative estimate of drug-likeness (QED) is 0.521. The van der Waals surface area contributed by atoms with E-state index in [2.05, 4.69) is 0 Å². The van der Waals surface area contributed by atoms with E-state index < -0.39 is 17.0 Å². The first kappa shape index (κ1) is 15.7. The van der Waals surface area contributed by atoms with Crippen LogP contribution in [0.25, 0.3) is 11.1 Å². The lowest BCUT2D eigenvalue weighted by Crippen LogP contribution is -2.15. The van der Waals surface area contributed by atoms with Gasteiger partial charge in [-0.2, -0.15) is 0 Å². The van der Waals surface area contributed by atoms with Gasteiger partial charge in [0.15, 0.2) is 6.10 Å². The second-order valence-electron chi connectivity index (χ2n) is 4.58. The molecule has 22 heavy (non-hydrogen) atoms. The molecule has 2 aromatic carbocycles. The number of carbonyl (C=O) groups is 1. The summed E-state index contributed by atoms with van der Waals surface area (Å²) in [6.45, 7) is 1.87. The number of benzene rings is 2. The Balaban J connectivity index is 2.18. The van der Waals surface area contributed by atoms with Gasteiger partial charge >= 0.3 is 5.97 Å². The lowest BCUT2D eigenvalue weighted by molar-refractivity contribution is -0.384. The van der Waals surface area contributed by atoms with Gasteiger partial charge in [-0.15, -0.1) is 0 Å². The summed E-state index contributed by atoms with van der Waals surface area (Å²) in [5.74, 6) is -0.689. The van der Waals surface area contributed by atoms with Crippen LogP contribution < -0.4 is 0 Å². The summed E-state index contributed by atoms with van der Waals surface area (Å²) in [4.78, 5) is 21.6. The predicted octanol–water partition coefficient (Wildman–Crippen LogP) is 2.86. The summed E-state index contributed by atoms with van der Waals surface area (Å²) in [5, 5.41) is 20.4. The lowest BCUT2D eigenvalue weighted by atomic mass is 10.0. The first-order valence-electron chi connectivity index (χ1n) is 6.72. The van der Waals surface area contributed by atoms with Crippen molar-refractivity contribution in [1.82, 2.24) is 0 Å². The van der Waals surface area contributed by atoms with Crippen LogP contribution in [0.15, 0.2) is 48.5 Å². The van der Waals surface area contributed by atoms with Gasteiger partial charge in [0.1, 0.15) is 0 Å². The fourth-order valence-corrected chi connectivity index (χ4v) is 1.99. The topological polar surface area (TPSA) is 89.7 Å². The molecule has 0 aliphatic rings. The van der Waals surface area contributed by atoms with Crippen molar-refractivity contribution in [3.05, 3.63) is 64.2 Å². The number of non-ortho nitro benzene ring substituents is 1. The number of aliphatic hydroxyl groups is 1. The van der Waals surface area contributed by atoms with Crippen LogP contribution in [0.4, 0.5) is 5.69 Å². The molecule has 1 atom stereocenters. The molecule has 6 heteroatoms. The third kappa shape index (κ3) is 3.48. The summed E-state index contributed by atoms with van der Waals surface area (Å²) < 4.78 is 4.76. The highest BCUT2D eigenvalue weighted by molar-refractivity contribution is 5.76. The number of hydrogen-bond donors (Lipinski definition) is 1. The number of nitro groups is 1. The Morgan fingerprint density at radius 2 is 1.64 bits per heavy atom. The molecule has 0 radical (unpaired) electrons. The molecule has 0 aromatic heterocycles. The molecule has 0 saturated carbocycles. The van der Waals surface area contributed by atoms with Gasteiger partial charge in [-0.1, -0.05) is 24.3 Å². The summed E-state index contributed by atoms with van der Waals surface area (Å²) in [7, 11) is 0. The van der Waals surface area contributed by atoms with Crippen LogP contribution in [0, 0.1) is 10.1 Å². The van der Waals surface area contributed by atoms with E-state index in [0.717, 1.165) is 11.1 Å². The number of rotatable bonds is 5. The van der Waals surface area contributed by atoms with Crippen LogP contribution in [0.3, 0.4) is 0 Å². The SMILES string of the molecule is CCOC(=O)C(O)c1ccc(-c2ccc([N+](=O)[O-])cc2)cc1. The third-order valence-electron chi connectivity index (χ3n) is 3.15. The van der Waals surface area contributed by atoms with Crippen molar-refractivity contribution in [2.24, 2.45) is 0 Å². The van der Waals surface area contributed by atoms with E-state index in [1.165, 1.54) is 12.1 Å². The second kappa shape index (κ2) is 6.82. The molecule has 0 bridgehead atoms. The molecule has 2 rings (SSSR count). The Kier molecular flexibility index (Phi) is 4.85. The summed E-state index contributed by atoms with van der Waals surface area (Å²) in [6.07, 6.45) is -1.31. The van der Waals surface area contributed by atoms with Crippen molar-refractivity contribution in [1.29, 1.82) is 0 Å². The number of carbonyl (C=O) groups excluding carboxylic acids is 1. The van der Waals surface area contributed by atoms with Crippen LogP contribution in [0.5, 0.6) is 0 Å². The molecule has 0 aliphatic heterocycles. The van der Waals surface area contributed by atoms with E-state index in [9.17, 15) is 20.0 Å². The Labute approximate surface area is 127 Å². The maximum Gasteiger partial charge on any atom is 0.339 e. The molecule has 2 aromatic rings. The lowest BCUT2D eigenvalue weighted by Gasteiger charge is -2.10. The van der Waals surface area contributed by atoms with E-state index in [-0.39, 0.29) is 12.3 Å². The van der Waals surface area contributed by atoms with Gasteiger partial charge in [-0.05, 0) is 35.7 Å². The smallest absolute Gasteiger partial charge is 0.339 e. The van der Waals surface area contributed by atoms with Crippen molar-refractivity contribution in [2.45, 2.75) is 13.0 Å². The van der Waals surface area contributed by atoms with Crippen molar-refractivity contribution in [3.63, 3.8) is 0 Å². The maximum absolute atomic E-state index is 11.5. The molecule has 114 valence electrons. The van der Waals surface area contributed by atoms with Gasteiger partial charge in [0, 0.05) is 12.1 Å². The number of ether oxygens (including phenoxy) is 1. The predicted molar refractivity (Wildman–Crippen MR) is 80.1 cm³/mol. The van der Waals surface area contributed by atoms with E-state index in [1.54, 1.807) is 43.3 Å². The van der Waals surface area contributed by atoms with Crippen molar-refractivity contribution in [2.75, 3.05) is 6.61 Å². The van der Waals surface area contributed by atoms with Crippen LogP contribution >= 0.6 is 0 Å². The average Bonchev–Trinajstić information content (AvgIpc) is 2.54. The summed E-state index contributed by atoms with van der Waals surface area (Å²) >= 11 is 0. The largest absolute Gasteiger partial charge is 0.464 e. The van der Waals surface area contributed by atoms with E-state index in [1.807, 2.05) is 0 Å². The van der Waals surface area contributed by atoms with Crippen LogP contribution in [0.1, 0.15) is 18.6 Å². The molecular weight excluding hydrogens is 286 g/mol. The van der Waals surface area contributed by atoms with E-state index in [0.29, 0.717) is 5.56 Å². The molecule has 1 unspecified atom stereocenters. The summed E-state index contributed by atoms with van der Waals surface area (Å²) in [6, 6.07) is 12.9. The van der Waals surface area contributed by atoms with Gasteiger partial charge in [0.25, 0.3) is 5.69 Å². The zero-order chi connectivity index (χ0) is 16.1. The average molecular weight is 301 g/mol. The van der Waals surface area contributed by atoms with Crippen molar-refractivity contribution >= 4 is 11.7 Å². The maximum atomic E-state index is 11.5. The standard InChI is InChI=1S/C16H15NO5/c1-2-22-16(19)15(18)13-5-3-11(4-6-13)12-7-9-14(10-8-12)17(20)21/h3-10,15,18H,2H2,1H3. The van der Waals surface area contributed by atoms with Crippen LogP contribution in [-0.2, 0) is 9.53 Å². The second-order valence-corrected chi connectivity index (χ2v) is 4.58. The highest BCUT2D eigenvalue weighted by Crippen LogP contribution is 2.24. The molecule has 6 nitrogen and oxygen atoms in total. The van der Waals surface area contributed by atoms with Gasteiger partial charge in [-0.3, -0.25) is 10.1 Å². The molecule has 0 spiro atoms. The molecule has 0 aliphatic carbocycles. The Bertz CT molecular complexity index is 664. The summed E-state index contributed by atoms with van der Waals surface area (Å²) in [5.41, 5.74) is 2.10. The highest BCUT2D eigenvalue weighted by atomic mass is 16.6. The molecule has 0 heterocycles. The minimum absolute atomic E-state index is 0.0260. The van der Waals surface area contributed by atoms with Gasteiger partial charge in [0.05, 0.1) is 11.5 Å². The van der Waals surface area contributed by atoms with Crippen molar-refractivity contribution in [3.8, 4) is 11.1 Å². The number of nitrogens with zero attached hydrogens (tertiary/aromatic N) is 1. The number of esters is 1. The zero-order valence-corrected chi connectivity index (χ0v) is 11.9. The third-order valence-corrected chi connectivity index (χ3v) is 3.15. The molecule has 1 N–H and O–H groups in total.